The molecule has 0 amide bonds. The quantitative estimate of drug-likeness (QED) is 0.0465. The minimum absolute atomic E-state index is 1.23. The van der Waals surface area contributed by atoms with E-state index < -0.39 is 0 Å². The van der Waals surface area contributed by atoms with Gasteiger partial charge in [0.2, 0.25) is 0 Å². The van der Waals surface area contributed by atoms with E-state index in [1.165, 1.54) is 289 Å². The van der Waals surface area contributed by atoms with Crippen molar-refractivity contribution in [2.24, 2.45) is 0 Å². The number of hydrogen-bond acceptors (Lipinski definition) is 0. The second-order valence-corrected chi connectivity index (χ2v) is 17.6. The number of aromatic nitrogens is 2. The van der Waals surface area contributed by atoms with E-state index in [1.807, 2.05) is 0 Å². The topological polar surface area (TPSA) is 8.81 Å². The van der Waals surface area contributed by atoms with Crippen LogP contribution in [0.4, 0.5) is 0 Å². The predicted octanol–water partition coefficient (Wildman–Crippen LogP) is 17.8. The van der Waals surface area contributed by atoms with Crippen molar-refractivity contribution < 1.29 is 4.57 Å². The number of imidazole rings is 1. The van der Waals surface area contributed by atoms with Gasteiger partial charge in [-0.1, -0.05) is 258 Å². The van der Waals surface area contributed by atoms with Crippen molar-refractivity contribution in [3.05, 3.63) is 18.2 Å². The Balaban J connectivity index is 2.22. The molecule has 1 heterocycles. The lowest BCUT2D eigenvalue weighted by Crippen LogP contribution is -2.37. The van der Waals surface area contributed by atoms with Crippen molar-refractivity contribution in [1.29, 1.82) is 0 Å². The average molecular weight is 742 g/mol. The van der Waals surface area contributed by atoms with Gasteiger partial charge in [0, 0.05) is 6.42 Å². The Hall–Kier alpha value is -0.790. The number of aryl methyl sites for hydroxylation is 2. The fourth-order valence-electron chi connectivity index (χ4n) is 8.62. The van der Waals surface area contributed by atoms with Crippen LogP contribution < -0.4 is 4.57 Å². The fraction of sp³-hybridized carbons (Fsp3) is 0.941. The van der Waals surface area contributed by atoms with Crippen LogP contribution in [0.3, 0.4) is 0 Å². The van der Waals surface area contributed by atoms with Gasteiger partial charge in [-0.25, -0.2) is 9.13 Å². The molecule has 53 heavy (non-hydrogen) atoms. The average Bonchev–Trinajstić information content (AvgIpc) is 3.55. The highest BCUT2D eigenvalue weighted by Crippen LogP contribution is 2.17. The standard InChI is InChI=1S/C51H101N2/c1-4-7-10-13-16-19-22-24-26-28-30-32-35-38-41-44-47-52-49-50-53(51(52)46-43-40-37-34-21-18-15-12-9-6-3)48-45-42-39-36-33-31-29-27-25-23-20-17-14-11-8-5-2/h49-50H,4-48H2,1-3H3/q+1. The second-order valence-electron chi connectivity index (χ2n) is 17.6. The third-order valence-electron chi connectivity index (χ3n) is 12.3. The molecule has 2 heteroatoms. The molecular formula is C51H101N2+. The van der Waals surface area contributed by atoms with Gasteiger partial charge >= 0.3 is 0 Å². The molecule has 0 aromatic carbocycles. The van der Waals surface area contributed by atoms with Crippen LogP contribution in [0.2, 0.25) is 0 Å². The van der Waals surface area contributed by atoms with E-state index >= 15 is 0 Å². The van der Waals surface area contributed by atoms with E-state index in [9.17, 15) is 0 Å². The Morgan fingerprint density at radius 1 is 0.321 bits per heavy atom. The zero-order valence-corrected chi connectivity index (χ0v) is 37.4. The molecule has 1 aromatic rings. The van der Waals surface area contributed by atoms with E-state index in [1.54, 1.807) is 5.82 Å². The maximum absolute atomic E-state index is 2.66. The highest BCUT2D eigenvalue weighted by Gasteiger charge is 2.16. The van der Waals surface area contributed by atoms with Crippen LogP contribution in [0.25, 0.3) is 0 Å². The van der Waals surface area contributed by atoms with E-state index in [0.29, 0.717) is 0 Å². The Morgan fingerprint density at radius 3 is 0.906 bits per heavy atom. The molecule has 1 aromatic heterocycles. The molecule has 0 fully saturated rings. The van der Waals surface area contributed by atoms with Gasteiger partial charge in [-0.2, -0.15) is 0 Å². The van der Waals surface area contributed by atoms with Crippen LogP contribution >= 0.6 is 0 Å². The van der Waals surface area contributed by atoms with Crippen molar-refractivity contribution in [3.63, 3.8) is 0 Å². The van der Waals surface area contributed by atoms with Crippen molar-refractivity contribution in [2.75, 3.05) is 0 Å². The van der Waals surface area contributed by atoms with E-state index in [2.05, 4.69) is 42.3 Å². The summed E-state index contributed by atoms with van der Waals surface area (Å²) in [6.45, 7) is 9.42. The van der Waals surface area contributed by atoms with Crippen molar-refractivity contribution >= 4 is 0 Å². The van der Waals surface area contributed by atoms with Gasteiger partial charge in [-0.15, -0.1) is 0 Å². The van der Waals surface area contributed by atoms with Crippen molar-refractivity contribution in [2.45, 2.75) is 310 Å². The van der Waals surface area contributed by atoms with Gasteiger partial charge in [0.25, 0.3) is 5.82 Å². The van der Waals surface area contributed by atoms with Crippen LogP contribution in [-0.2, 0) is 19.5 Å². The smallest absolute Gasteiger partial charge is 0.234 e. The molecule has 0 spiro atoms. The summed E-state index contributed by atoms with van der Waals surface area (Å²) in [5.41, 5.74) is 0. The summed E-state index contributed by atoms with van der Waals surface area (Å²) >= 11 is 0. The lowest BCUT2D eigenvalue weighted by molar-refractivity contribution is -0.704. The zero-order valence-electron chi connectivity index (χ0n) is 37.4. The molecule has 0 aliphatic carbocycles. The van der Waals surface area contributed by atoms with Crippen LogP contribution in [-0.4, -0.2) is 4.57 Å². The molecule has 0 aliphatic heterocycles. The van der Waals surface area contributed by atoms with E-state index in [0.717, 1.165) is 0 Å². The first-order valence-electron chi connectivity index (χ1n) is 25.4. The normalized spacial score (nSPS) is 11.7. The SMILES string of the molecule is CCCCCCCCCCCCCCCCCCn1cc[n+](CCCCCCCCCCCCCCCCCC)c1CCCCCCCCCCCC. The first-order chi connectivity index (χ1) is 26.3. The summed E-state index contributed by atoms with van der Waals surface area (Å²) in [6.07, 6.45) is 66.8. The van der Waals surface area contributed by atoms with Gasteiger partial charge in [-0.05, 0) is 32.1 Å². The van der Waals surface area contributed by atoms with Gasteiger partial charge < -0.3 is 0 Å². The zero-order chi connectivity index (χ0) is 38.0. The Morgan fingerprint density at radius 2 is 0.585 bits per heavy atom. The predicted molar refractivity (Wildman–Crippen MR) is 239 cm³/mol. The Bertz CT molecular complexity index is 758. The molecule has 0 N–H and O–H groups in total. The lowest BCUT2D eigenvalue weighted by atomic mass is 10.0. The largest absolute Gasteiger partial charge is 0.256 e. The molecule has 0 saturated heterocycles. The van der Waals surface area contributed by atoms with Crippen molar-refractivity contribution in [3.8, 4) is 0 Å². The molecule has 2 nitrogen and oxygen atoms in total. The highest BCUT2D eigenvalue weighted by molar-refractivity contribution is 4.84. The van der Waals surface area contributed by atoms with Gasteiger partial charge in [0.05, 0.1) is 13.1 Å². The van der Waals surface area contributed by atoms with Crippen LogP contribution in [0.15, 0.2) is 12.4 Å². The van der Waals surface area contributed by atoms with Crippen LogP contribution in [0, 0.1) is 0 Å². The summed E-state index contributed by atoms with van der Waals surface area (Å²) in [5.74, 6) is 1.63. The minimum Gasteiger partial charge on any atom is -0.234 e. The van der Waals surface area contributed by atoms with Gasteiger partial charge in [0.15, 0.2) is 0 Å². The van der Waals surface area contributed by atoms with E-state index in [4.69, 9.17) is 0 Å². The highest BCUT2D eigenvalue weighted by atomic mass is 15.1. The molecule has 0 atom stereocenters. The van der Waals surface area contributed by atoms with Crippen molar-refractivity contribution in [1.82, 2.24) is 4.57 Å². The molecule has 1 rings (SSSR count). The molecule has 0 bridgehead atoms. The first kappa shape index (κ1) is 50.2. The molecule has 0 aliphatic rings. The number of hydrogen-bond donors (Lipinski definition) is 0. The summed E-state index contributed by atoms with van der Waals surface area (Å²) in [7, 11) is 0. The lowest BCUT2D eigenvalue weighted by Gasteiger charge is -2.07. The first-order valence-corrected chi connectivity index (χ1v) is 25.4. The molecule has 314 valence electrons. The fourth-order valence-corrected chi connectivity index (χ4v) is 8.62. The summed E-state index contributed by atoms with van der Waals surface area (Å²) in [5, 5.41) is 0. The Labute approximate surface area is 336 Å². The Kier molecular flexibility index (Phi) is 40.1. The van der Waals surface area contributed by atoms with Crippen LogP contribution in [0.1, 0.15) is 296 Å². The maximum atomic E-state index is 2.66. The number of nitrogens with zero attached hydrogens (tertiary/aromatic N) is 2. The minimum atomic E-state index is 1.23. The van der Waals surface area contributed by atoms with E-state index in [-0.39, 0.29) is 0 Å². The number of unbranched alkanes of at least 4 members (excludes halogenated alkanes) is 39. The maximum Gasteiger partial charge on any atom is 0.256 e. The van der Waals surface area contributed by atoms with Gasteiger partial charge in [-0.3, -0.25) is 0 Å². The van der Waals surface area contributed by atoms with Crippen LogP contribution in [0.5, 0.6) is 0 Å². The van der Waals surface area contributed by atoms with Gasteiger partial charge in [0.1, 0.15) is 12.4 Å². The summed E-state index contributed by atoms with van der Waals surface area (Å²) in [4.78, 5) is 0. The third-order valence-corrected chi connectivity index (χ3v) is 12.3. The molecular weight excluding hydrogens is 641 g/mol. The number of rotatable bonds is 45. The summed E-state index contributed by atoms with van der Waals surface area (Å²) < 4.78 is 5.31. The summed E-state index contributed by atoms with van der Waals surface area (Å²) in [6, 6.07) is 0. The molecule has 0 radical (unpaired) electrons. The monoisotopic (exact) mass is 742 g/mol. The second kappa shape index (κ2) is 42.4. The molecule has 0 unspecified atom stereocenters. The third kappa shape index (κ3) is 34.2. The molecule has 0 saturated carbocycles.